The zero-order valence-corrected chi connectivity index (χ0v) is 14.3. The number of aryl methyl sites for hydroxylation is 1. The van der Waals surface area contributed by atoms with Gasteiger partial charge in [0, 0.05) is 27.5 Å². The van der Waals surface area contributed by atoms with Gasteiger partial charge in [0.25, 0.3) is 0 Å². The SMILES string of the molecule is Cc1c(Cl)cccc1SNC1CCc2c(cnc3[nH]ncc23)C1. The first kappa shape index (κ1) is 15.0. The first-order valence-electron chi connectivity index (χ1n) is 7.69. The van der Waals surface area contributed by atoms with E-state index in [1.54, 1.807) is 11.9 Å². The summed E-state index contributed by atoms with van der Waals surface area (Å²) >= 11 is 7.86. The smallest absolute Gasteiger partial charge is 0.155 e. The van der Waals surface area contributed by atoms with Crippen molar-refractivity contribution in [2.45, 2.75) is 37.1 Å². The third kappa shape index (κ3) is 2.84. The first-order valence-corrected chi connectivity index (χ1v) is 8.89. The van der Waals surface area contributed by atoms with E-state index < -0.39 is 0 Å². The normalized spacial score (nSPS) is 17.4. The summed E-state index contributed by atoms with van der Waals surface area (Å²) in [6, 6.07) is 6.47. The van der Waals surface area contributed by atoms with Crippen LogP contribution in [0.4, 0.5) is 0 Å². The second-order valence-corrected chi connectivity index (χ2v) is 7.20. The molecule has 0 fully saturated rings. The number of nitrogens with one attached hydrogen (secondary N) is 2. The van der Waals surface area contributed by atoms with Crippen molar-refractivity contribution in [1.29, 1.82) is 0 Å². The van der Waals surface area contributed by atoms with Gasteiger partial charge in [0.15, 0.2) is 5.65 Å². The molecular formula is C17H17ClN4S. The van der Waals surface area contributed by atoms with Gasteiger partial charge in [-0.25, -0.2) is 4.98 Å². The molecule has 1 aromatic carbocycles. The topological polar surface area (TPSA) is 53.6 Å². The lowest BCUT2D eigenvalue weighted by Gasteiger charge is -2.25. The summed E-state index contributed by atoms with van der Waals surface area (Å²) < 4.78 is 3.60. The third-order valence-corrected chi connectivity index (χ3v) is 5.97. The quantitative estimate of drug-likeness (QED) is 0.703. The fourth-order valence-corrected chi connectivity index (χ4v) is 4.23. The predicted molar refractivity (Wildman–Crippen MR) is 94.9 cm³/mol. The number of nitrogens with zero attached hydrogens (tertiary/aromatic N) is 2. The molecule has 118 valence electrons. The average molecular weight is 345 g/mol. The van der Waals surface area contributed by atoms with Crippen molar-refractivity contribution in [1.82, 2.24) is 19.9 Å². The van der Waals surface area contributed by atoms with Gasteiger partial charge in [-0.2, -0.15) is 5.10 Å². The molecule has 1 aliphatic rings. The minimum absolute atomic E-state index is 0.442. The predicted octanol–water partition coefficient (Wildman–Crippen LogP) is 4.07. The van der Waals surface area contributed by atoms with Gasteiger partial charge in [-0.3, -0.25) is 9.82 Å². The molecule has 0 aliphatic heterocycles. The molecule has 0 bridgehead atoms. The van der Waals surface area contributed by atoms with Crippen LogP contribution in [0.5, 0.6) is 0 Å². The molecule has 3 aromatic rings. The number of hydrogen-bond acceptors (Lipinski definition) is 4. The Labute approximate surface area is 144 Å². The number of benzene rings is 1. The molecule has 0 amide bonds. The molecule has 0 radical (unpaired) electrons. The number of pyridine rings is 1. The minimum atomic E-state index is 0.442. The van der Waals surface area contributed by atoms with E-state index in [4.69, 9.17) is 11.6 Å². The van der Waals surface area contributed by atoms with Gasteiger partial charge in [0.1, 0.15) is 0 Å². The Kier molecular flexibility index (Phi) is 4.01. The van der Waals surface area contributed by atoms with Crippen LogP contribution in [0, 0.1) is 6.92 Å². The number of rotatable bonds is 3. The molecule has 2 aromatic heterocycles. The van der Waals surface area contributed by atoms with E-state index >= 15 is 0 Å². The largest absolute Gasteiger partial charge is 0.261 e. The summed E-state index contributed by atoms with van der Waals surface area (Å²) in [5, 5.41) is 9.03. The van der Waals surface area contributed by atoms with Gasteiger partial charge in [-0.15, -0.1) is 0 Å². The Bertz CT molecular complexity index is 861. The highest BCUT2D eigenvalue weighted by Crippen LogP contribution is 2.30. The molecule has 2 heterocycles. The molecule has 1 unspecified atom stereocenters. The van der Waals surface area contributed by atoms with Crippen LogP contribution in [0.25, 0.3) is 11.0 Å². The molecule has 0 saturated heterocycles. The molecule has 4 rings (SSSR count). The second kappa shape index (κ2) is 6.15. The molecule has 23 heavy (non-hydrogen) atoms. The summed E-state index contributed by atoms with van der Waals surface area (Å²) in [5.41, 5.74) is 4.74. The number of H-pyrrole nitrogens is 1. The van der Waals surface area contributed by atoms with E-state index in [1.807, 2.05) is 24.5 Å². The summed E-state index contributed by atoms with van der Waals surface area (Å²) in [5.74, 6) is 0. The number of hydrogen-bond donors (Lipinski definition) is 2. The van der Waals surface area contributed by atoms with Crippen molar-refractivity contribution in [3.63, 3.8) is 0 Å². The molecule has 2 N–H and O–H groups in total. The highest BCUT2D eigenvalue weighted by Gasteiger charge is 2.21. The zero-order valence-electron chi connectivity index (χ0n) is 12.8. The highest BCUT2D eigenvalue weighted by atomic mass is 35.5. The van der Waals surface area contributed by atoms with Crippen LogP contribution in [0.2, 0.25) is 5.02 Å². The fraction of sp³-hybridized carbons (Fsp3) is 0.294. The number of aromatic nitrogens is 3. The lowest BCUT2D eigenvalue weighted by Crippen LogP contribution is -2.30. The summed E-state index contributed by atoms with van der Waals surface area (Å²) in [7, 11) is 0. The van der Waals surface area contributed by atoms with Crippen LogP contribution in [0.15, 0.2) is 35.5 Å². The van der Waals surface area contributed by atoms with Crippen LogP contribution in [-0.4, -0.2) is 21.2 Å². The molecular weight excluding hydrogens is 328 g/mol. The van der Waals surface area contributed by atoms with Gasteiger partial charge in [0.05, 0.1) is 6.20 Å². The van der Waals surface area contributed by atoms with Gasteiger partial charge in [-0.1, -0.05) is 17.7 Å². The maximum atomic E-state index is 6.19. The van der Waals surface area contributed by atoms with Crippen molar-refractivity contribution >= 4 is 34.6 Å². The third-order valence-electron chi connectivity index (χ3n) is 4.44. The summed E-state index contributed by atoms with van der Waals surface area (Å²) in [4.78, 5) is 5.65. The number of halogens is 1. The van der Waals surface area contributed by atoms with E-state index in [9.17, 15) is 0 Å². The maximum absolute atomic E-state index is 6.19. The van der Waals surface area contributed by atoms with E-state index in [-0.39, 0.29) is 0 Å². The van der Waals surface area contributed by atoms with Crippen molar-refractivity contribution < 1.29 is 0 Å². The van der Waals surface area contributed by atoms with Gasteiger partial charge < -0.3 is 0 Å². The van der Waals surface area contributed by atoms with Crippen LogP contribution in [0.3, 0.4) is 0 Å². The molecule has 1 atom stereocenters. The standard InChI is InChI=1S/C17H17ClN4S/c1-10-15(18)3-2-4-16(10)23-22-12-5-6-13-11(7-12)8-19-17-14(13)9-20-21-17/h2-4,8-9,12,22H,5-7H2,1H3,(H,19,20,21). The van der Waals surface area contributed by atoms with Crippen molar-refractivity contribution in [2.24, 2.45) is 0 Å². The Morgan fingerprint density at radius 1 is 1.35 bits per heavy atom. The number of aromatic amines is 1. The average Bonchev–Trinajstić information content (AvgIpc) is 3.05. The Hall–Kier alpha value is -1.56. The van der Waals surface area contributed by atoms with Crippen molar-refractivity contribution in [3.05, 3.63) is 52.3 Å². The van der Waals surface area contributed by atoms with Gasteiger partial charge in [0.2, 0.25) is 0 Å². The first-order chi connectivity index (χ1) is 11.2. The Morgan fingerprint density at radius 2 is 2.26 bits per heavy atom. The zero-order chi connectivity index (χ0) is 15.8. The van der Waals surface area contributed by atoms with E-state index in [1.165, 1.54) is 21.4 Å². The van der Waals surface area contributed by atoms with E-state index in [0.29, 0.717) is 6.04 Å². The van der Waals surface area contributed by atoms with Crippen LogP contribution < -0.4 is 4.72 Å². The molecule has 1 aliphatic carbocycles. The monoisotopic (exact) mass is 344 g/mol. The van der Waals surface area contributed by atoms with Gasteiger partial charge in [-0.05, 0) is 67.0 Å². The maximum Gasteiger partial charge on any atom is 0.155 e. The molecule has 6 heteroatoms. The summed E-state index contributed by atoms with van der Waals surface area (Å²) in [6.07, 6.45) is 7.04. The number of fused-ring (bicyclic) bond motifs is 3. The van der Waals surface area contributed by atoms with Crippen LogP contribution in [-0.2, 0) is 12.8 Å². The van der Waals surface area contributed by atoms with Gasteiger partial charge >= 0.3 is 0 Å². The van der Waals surface area contributed by atoms with E-state index in [2.05, 4.69) is 32.9 Å². The highest BCUT2D eigenvalue weighted by molar-refractivity contribution is 7.97. The van der Waals surface area contributed by atoms with E-state index in [0.717, 1.165) is 35.5 Å². The van der Waals surface area contributed by atoms with Crippen molar-refractivity contribution in [2.75, 3.05) is 0 Å². The fourth-order valence-electron chi connectivity index (χ4n) is 3.09. The lowest BCUT2D eigenvalue weighted by atomic mass is 9.88. The van der Waals surface area contributed by atoms with Crippen molar-refractivity contribution in [3.8, 4) is 0 Å². The van der Waals surface area contributed by atoms with Crippen LogP contribution in [0.1, 0.15) is 23.1 Å². The molecule has 0 saturated carbocycles. The molecule has 0 spiro atoms. The van der Waals surface area contributed by atoms with Crippen LogP contribution >= 0.6 is 23.5 Å². The second-order valence-electron chi connectivity index (χ2n) is 5.92. The Balaban J connectivity index is 1.49. The minimum Gasteiger partial charge on any atom is -0.261 e. The molecule has 4 nitrogen and oxygen atoms in total. The lowest BCUT2D eigenvalue weighted by molar-refractivity contribution is 0.547. The Morgan fingerprint density at radius 3 is 3.17 bits per heavy atom. The summed E-state index contributed by atoms with van der Waals surface area (Å²) in [6.45, 7) is 2.06.